The van der Waals surface area contributed by atoms with Gasteiger partial charge in [-0.05, 0) is 12.1 Å². The quantitative estimate of drug-likeness (QED) is 0.748. The second-order valence-electron chi connectivity index (χ2n) is 2.80. The summed E-state index contributed by atoms with van der Waals surface area (Å²) in [5.74, 6) is -0.700. The zero-order chi connectivity index (χ0) is 11.7. The Morgan fingerprint density at radius 3 is 2.12 bits per heavy atom. The molecule has 0 radical (unpaired) electrons. The lowest BCUT2D eigenvalue weighted by molar-refractivity contribution is 0.615. The van der Waals surface area contributed by atoms with Crippen molar-refractivity contribution in [1.82, 2.24) is 15.0 Å². The van der Waals surface area contributed by atoms with Gasteiger partial charge in [-0.3, -0.25) is 4.98 Å². The molecule has 0 saturated carbocycles. The van der Waals surface area contributed by atoms with Crippen molar-refractivity contribution in [3.05, 3.63) is 39.5 Å². The molecule has 3 nitrogen and oxygen atoms in total. The van der Waals surface area contributed by atoms with Gasteiger partial charge in [-0.25, -0.2) is 14.4 Å². The van der Waals surface area contributed by atoms with Crippen molar-refractivity contribution in [1.29, 1.82) is 0 Å². The Hall–Kier alpha value is -0.970. The molecule has 82 valence electrons. The Balaban J connectivity index is 2.52. The summed E-state index contributed by atoms with van der Waals surface area (Å²) in [4.78, 5) is 11.4. The normalized spacial score (nSPS) is 10.5. The van der Waals surface area contributed by atoms with Gasteiger partial charge in [0, 0.05) is 6.20 Å². The fourth-order valence-electron chi connectivity index (χ4n) is 1.02. The minimum atomic E-state index is -0.846. The number of hydrogen-bond donors (Lipinski definition) is 0. The van der Waals surface area contributed by atoms with Gasteiger partial charge in [0.25, 0.3) is 0 Å². The third-order valence-corrected chi connectivity index (χ3v) is 2.45. The number of nitrogens with zero attached hydrogens (tertiary/aromatic N) is 3. The van der Waals surface area contributed by atoms with Gasteiger partial charge in [0.15, 0.2) is 21.9 Å². The second-order valence-corrected chi connectivity index (χ2v) is 3.96. The van der Waals surface area contributed by atoms with Crippen molar-refractivity contribution in [2.24, 2.45) is 0 Å². The highest BCUT2D eigenvalue weighted by atomic mass is 35.5. The van der Waals surface area contributed by atoms with Crippen LogP contribution in [0.1, 0.15) is 0 Å². The van der Waals surface area contributed by atoms with Gasteiger partial charge in [0.2, 0.25) is 0 Å². The molecule has 0 fully saturated rings. The van der Waals surface area contributed by atoms with Crippen LogP contribution in [0.3, 0.4) is 0 Å². The molecule has 0 N–H and O–H groups in total. The van der Waals surface area contributed by atoms with Crippen LogP contribution in [0.5, 0.6) is 0 Å². The molecule has 0 aliphatic carbocycles. The molecular formula is C9H3Cl3FN3. The molecule has 2 rings (SSSR count). The van der Waals surface area contributed by atoms with Crippen molar-refractivity contribution < 1.29 is 4.39 Å². The third-order valence-electron chi connectivity index (χ3n) is 1.73. The predicted octanol–water partition coefficient (Wildman–Crippen LogP) is 3.64. The fraction of sp³-hybridized carbons (Fsp3) is 0. The highest BCUT2D eigenvalue weighted by molar-refractivity contribution is 6.33. The molecule has 0 spiro atoms. The van der Waals surface area contributed by atoms with E-state index in [1.54, 1.807) is 12.1 Å². The van der Waals surface area contributed by atoms with E-state index in [1.807, 2.05) is 0 Å². The van der Waals surface area contributed by atoms with E-state index in [0.29, 0.717) is 10.7 Å². The van der Waals surface area contributed by atoms with E-state index in [0.717, 1.165) is 0 Å². The van der Waals surface area contributed by atoms with Crippen molar-refractivity contribution in [2.45, 2.75) is 0 Å². The molecule has 16 heavy (non-hydrogen) atoms. The molecule has 0 aliphatic heterocycles. The zero-order valence-electron chi connectivity index (χ0n) is 7.59. The van der Waals surface area contributed by atoms with Crippen LogP contribution in [0.25, 0.3) is 11.5 Å². The van der Waals surface area contributed by atoms with Gasteiger partial charge in [0.05, 0.1) is 5.02 Å². The van der Waals surface area contributed by atoms with Crippen LogP contribution in [0, 0.1) is 5.82 Å². The van der Waals surface area contributed by atoms with Crippen LogP contribution >= 0.6 is 34.8 Å². The Labute approximate surface area is 105 Å². The summed E-state index contributed by atoms with van der Waals surface area (Å²) in [6.45, 7) is 0. The average molecular weight is 279 g/mol. The van der Waals surface area contributed by atoms with E-state index in [9.17, 15) is 4.39 Å². The molecular weight excluding hydrogens is 275 g/mol. The Bertz CT molecular complexity index is 507. The van der Waals surface area contributed by atoms with Crippen LogP contribution in [0.15, 0.2) is 18.3 Å². The topological polar surface area (TPSA) is 38.7 Å². The maximum Gasteiger partial charge on any atom is 0.197 e. The van der Waals surface area contributed by atoms with Gasteiger partial charge in [-0.1, -0.05) is 34.8 Å². The molecule has 2 heterocycles. The maximum atomic E-state index is 13.1. The Morgan fingerprint density at radius 2 is 1.62 bits per heavy atom. The number of rotatable bonds is 1. The molecule has 0 aliphatic rings. The Kier molecular flexibility index (Phi) is 3.23. The lowest BCUT2D eigenvalue weighted by Gasteiger charge is -2.01. The van der Waals surface area contributed by atoms with Gasteiger partial charge < -0.3 is 0 Å². The molecule has 0 amide bonds. The van der Waals surface area contributed by atoms with Gasteiger partial charge in [0.1, 0.15) is 5.69 Å². The number of hydrogen-bond acceptors (Lipinski definition) is 3. The summed E-state index contributed by atoms with van der Waals surface area (Å²) < 4.78 is 13.1. The zero-order valence-corrected chi connectivity index (χ0v) is 9.85. The standard InChI is InChI=1S/C9H3Cl3FN3/c10-4-1-2-5(14-3-4)9-15-7(11)6(13)8(12)16-9/h1-3H. The number of aromatic nitrogens is 3. The fourth-order valence-corrected chi connectivity index (χ4v) is 1.52. The van der Waals surface area contributed by atoms with E-state index < -0.39 is 5.82 Å². The first-order valence-electron chi connectivity index (χ1n) is 4.08. The maximum absolute atomic E-state index is 13.1. The Morgan fingerprint density at radius 1 is 1.00 bits per heavy atom. The lowest BCUT2D eigenvalue weighted by atomic mass is 10.3. The number of halogens is 4. The van der Waals surface area contributed by atoms with E-state index in [2.05, 4.69) is 15.0 Å². The van der Waals surface area contributed by atoms with Crippen molar-refractivity contribution in [3.8, 4) is 11.5 Å². The molecule has 0 aromatic carbocycles. The minimum Gasteiger partial charge on any atom is -0.251 e. The van der Waals surface area contributed by atoms with Crippen LogP contribution in [-0.2, 0) is 0 Å². The van der Waals surface area contributed by atoms with E-state index >= 15 is 0 Å². The van der Waals surface area contributed by atoms with Gasteiger partial charge in [-0.15, -0.1) is 0 Å². The highest BCUT2D eigenvalue weighted by Crippen LogP contribution is 2.23. The SMILES string of the molecule is Fc1c(Cl)nc(-c2ccc(Cl)cn2)nc1Cl. The molecule has 2 aromatic rings. The molecule has 0 bridgehead atoms. The van der Waals surface area contributed by atoms with Crippen LogP contribution in [0.2, 0.25) is 15.3 Å². The first kappa shape index (κ1) is 11.5. The summed E-state index contributed by atoms with van der Waals surface area (Å²) >= 11 is 16.7. The summed E-state index contributed by atoms with van der Waals surface area (Å²) in [5, 5.41) is -0.207. The summed E-state index contributed by atoms with van der Waals surface area (Å²) in [6.07, 6.45) is 1.42. The van der Waals surface area contributed by atoms with Crippen molar-refractivity contribution >= 4 is 34.8 Å². The molecule has 7 heteroatoms. The highest BCUT2D eigenvalue weighted by Gasteiger charge is 2.12. The third kappa shape index (κ3) is 2.24. The summed E-state index contributed by atoms with van der Waals surface area (Å²) in [6, 6.07) is 3.20. The molecule has 0 unspecified atom stereocenters. The summed E-state index contributed by atoms with van der Waals surface area (Å²) in [7, 11) is 0. The monoisotopic (exact) mass is 277 g/mol. The smallest absolute Gasteiger partial charge is 0.197 e. The molecule has 0 saturated heterocycles. The number of pyridine rings is 1. The summed E-state index contributed by atoms with van der Waals surface area (Å²) in [5.41, 5.74) is 0.410. The average Bonchev–Trinajstić information content (AvgIpc) is 2.26. The second kappa shape index (κ2) is 4.49. The predicted molar refractivity (Wildman–Crippen MR) is 60.3 cm³/mol. The van der Waals surface area contributed by atoms with Crippen molar-refractivity contribution in [3.63, 3.8) is 0 Å². The van der Waals surface area contributed by atoms with Crippen molar-refractivity contribution in [2.75, 3.05) is 0 Å². The van der Waals surface area contributed by atoms with Gasteiger partial charge >= 0.3 is 0 Å². The van der Waals surface area contributed by atoms with E-state index in [4.69, 9.17) is 34.8 Å². The lowest BCUT2D eigenvalue weighted by Crippen LogP contribution is -1.96. The van der Waals surface area contributed by atoms with E-state index in [1.165, 1.54) is 6.20 Å². The van der Waals surface area contributed by atoms with Crippen LogP contribution in [0.4, 0.5) is 4.39 Å². The van der Waals surface area contributed by atoms with E-state index in [-0.39, 0.29) is 16.1 Å². The van der Waals surface area contributed by atoms with Crippen LogP contribution < -0.4 is 0 Å². The minimum absolute atomic E-state index is 0.146. The molecule has 2 aromatic heterocycles. The molecule has 0 atom stereocenters. The first-order valence-corrected chi connectivity index (χ1v) is 5.22. The first-order chi connectivity index (χ1) is 7.58. The van der Waals surface area contributed by atoms with Crippen LogP contribution in [-0.4, -0.2) is 15.0 Å². The van der Waals surface area contributed by atoms with Gasteiger partial charge in [-0.2, -0.15) is 0 Å². The largest absolute Gasteiger partial charge is 0.251 e.